The van der Waals surface area contributed by atoms with Crippen molar-refractivity contribution in [2.24, 2.45) is 5.92 Å². The van der Waals surface area contributed by atoms with Crippen molar-refractivity contribution >= 4 is 0 Å². The highest BCUT2D eigenvalue weighted by molar-refractivity contribution is 5.13. The van der Waals surface area contributed by atoms with Crippen LogP contribution < -0.4 is 0 Å². The molecule has 0 aliphatic carbocycles. The Morgan fingerprint density at radius 3 is 2.27 bits per heavy atom. The van der Waals surface area contributed by atoms with Gasteiger partial charge in [0.05, 0.1) is 11.2 Å². The van der Waals surface area contributed by atoms with E-state index in [1.807, 2.05) is 0 Å². The number of ether oxygens (including phenoxy) is 1. The Morgan fingerprint density at radius 2 is 2.09 bits per heavy atom. The second-order valence-corrected chi connectivity index (χ2v) is 4.54. The van der Waals surface area contributed by atoms with Crippen molar-refractivity contribution < 1.29 is 4.74 Å². The average Bonchev–Trinajstić information content (AvgIpc) is 2.42. The fourth-order valence-corrected chi connectivity index (χ4v) is 2.34. The van der Waals surface area contributed by atoms with E-state index in [4.69, 9.17) is 4.74 Å². The van der Waals surface area contributed by atoms with Gasteiger partial charge in [0.15, 0.2) is 0 Å². The fraction of sp³-hybridized carbons (Fsp3) is 0.900. The molecular formula is C10H17O. The zero-order valence-corrected chi connectivity index (χ0v) is 7.68. The van der Waals surface area contributed by atoms with Crippen molar-refractivity contribution in [1.82, 2.24) is 0 Å². The number of rotatable bonds is 1. The van der Waals surface area contributed by atoms with Crippen LogP contribution in [-0.2, 0) is 4.74 Å². The molecular weight excluding hydrogens is 136 g/mol. The molecule has 2 aliphatic rings. The maximum absolute atomic E-state index is 6.05. The summed E-state index contributed by atoms with van der Waals surface area (Å²) in [5, 5.41) is 0. The van der Waals surface area contributed by atoms with Gasteiger partial charge in [0.25, 0.3) is 0 Å². The third-order valence-corrected chi connectivity index (χ3v) is 3.41. The third-order valence-electron chi connectivity index (χ3n) is 3.41. The highest BCUT2D eigenvalue weighted by Crippen LogP contribution is 2.53. The van der Waals surface area contributed by atoms with E-state index < -0.39 is 0 Å². The lowest BCUT2D eigenvalue weighted by atomic mass is 9.77. The second kappa shape index (κ2) is 2.01. The Hall–Kier alpha value is -0.0400. The minimum Gasteiger partial charge on any atom is -0.368 e. The van der Waals surface area contributed by atoms with E-state index in [9.17, 15) is 0 Å². The van der Waals surface area contributed by atoms with Crippen LogP contribution in [0.3, 0.4) is 0 Å². The minimum atomic E-state index is 0.129. The lowest BCUT2D eigenvalue weighted by Crippen LogP contribution is -2.31. The smallest absolute Gasteiger partial charge is 0.0717 e. The molecule has 1 nitrogen and oxygen atoms in total. The summed E-state index contributed by atoms with van der Waals surface area (Å²) >= 11 is 0. The number of hydrogen-bond donors (Lipinski definition) is 0. The summed E-state index contributed by atoms with van der Waals surface area (Å²) in [7, 11) is 0. The van der Waals surface area contributed by atoms with Gasteiger partial charge in [-0.3, -0.25) is 0 Å². The van der Waals surface area contributed by atoms with Gasteiger partial charge in [-0.15, -0.1) is 0 Å². The molecule has 2 bridgehead atoms. The molecule has 0 aromatic carbocycles. The highest BCUT2D eigenvalue weighted by Gasteiger charge is 2.54. The molecule has 2 saturated heterocycles. The van der Waals surface area contributed by atoms with E-state index >= 15 is 0 Å². The van der Waals surface area contributed by atoms with Crippen LogP contribution >= 0.6 is 0 Å². The molecule has 1 heteroatoms. The van der Waals surface area contributed by atoms with Gasteiger partial charge < -0.3 is 4.74 Å². The third kappa shape index (κ3) is 0.936. The normalized spacial score (nSPS) is 49.1. The topological polar surface area (TPSA) is 9.23 Å². The van der Waals surface area contributed by atoms with Crippen molar-refractivity contribution in [2.45, 2.75) is 51.2 Å². The van der Waals surface area contributed by atoms with Gasteiger partial charge in [-0.05, 0) is 38.5 Å². The summed E-state index contributed by atoms with van der Waals surface area (Å²) < 4.78 is 6.05. The average molecular weight is 153 g/mol. The predicted molar refractivity (Wildman–Crippen MR) is 45.2 cm³/mol. The Labute approximate surface area is 69.1 Å². The van der Waals surface area contributed by atoms with Crippen LogP contribution in [0.1, 0.15) is 40.0 Å². The molecule has 2 rings (SSSR count). The van der Waals surface area contributed by atoms with Crippen LogP contribution in [0.5, 0.6) is 0 Å². The van der Waals surface area contributed by atoms with E-state index in [0.29, 0.717) is 5.92 Å². The first-order valence-electron chi connectivity index (χ1n) is 4.61. The minimum absolute atomic E-state index is 0.129. The van der Waals surface area contributed by atoms with Gasteiger partial charge in [-0.1, -0.05) is 13.8 Å². The van der Waals surface area contributed by atoms with E-state index in [0.717, 1.165) is 0 Å². The monoisotopic (exact) mass is 153 g/mol. The van der Waals surface area contributed by atoms with Crippen LogP contribution in [0.4, 0.5) is 0 Å². The van der Waals surface area contributed by atoms with Crippen LogP contribution in [0.15, 0.2) is 0 Å². The lowest BCUT2D eigenvalue weighted by Gasteiger charge is -2.28. The van der Waals surface area contributed by atoms with Crippen molar-refractivity contribution in [3.05, 3.63) is 6.42 Å². The van der Waals surface area contributed by atoms with E-state index in [-0.39, 0.29) is 11.2 Å². The Bertz CT molecular complexity index is 164. The van der Waals surface area contributed by atoms with Crippen LogP contribution in [0.25, 0.3) is 0 Å². The largest absolute Gasteiger partial charge is 0.368 e. The maximum atomic E-state index is 6.05. The SMILES string of the molecule is CC(C)[C@]12C[CH][C@](C)(CC1)O2. The Morgan fingerprint density at radius 1 is 1.36 bits per heavy atom. The Balaban J connectivity index is 2.20. The van der Waals surface area contributed by atoms with E-state index in [1.54, 1.807) is 0 Å². The van der Waals surface area contributed by atoms with E-state index in [1.165, 1.54) is 19.3 Å². The van der Waals surface area contributed by atoms with Gasteiger partial charge in [-0.25, -0.2) is 0 Å². The van der Waals surface area contributed by atoms with Gasteiger partial charge in [0.1, 0.15) is 0 Å². The molecule has 2 atom stereocenters. The molecule has 0 spiro atoms. The molecule has 2 heterocycles. The summed E-state index contributed by atoms with van der Waals surface area (Å²) in [6, 6.07) is 0. The van der Waals surface area contributed by atoms with Crippen molar-refractivity contribution in [2.75, 3.05) is 0 Å². The molecule has 0 amide bonds. The first-order valence-corrected chi connectivity index (χ1v) is 4.61. The van der Waals surface area contributed by atoms with Gasteiger partial charge >= 0.3 is 0 Å². The first-order chi connectivity index (χ1) is 5.06. The van der Waals surface area contributed by atoms with Crippen LogP contribution in [0.2, 0.25) is 0 Å². The zero-order chi connectivity index (χ0) is 8.11. The van der Waals surface area contributed by atoms with Crippen molar-refractivity contribution in [3.63, 3.8) is 0 Å². The standard InChI is InChI=1S/C10H17O/c1-8(2)10-6-4-9(3,11-10)5-7-10/h4,8H,5-7H2,1-3H3/t9-,10+/m1/s1. The fourth-order valence-electron chi connectivity index (χ4n) is 2.34. The quantitative estimate of drug-likeness (QED) is 0.562. The lowest BCUT2D eigenvalue weighted by molar-refractivity contribution is -0.0592. The summed E-state index contributed by atoms with van der Waals surface area (Å²) in [5.41, 5.74) is 0.346. The molecule has 0 N–H and O–H groups in total. The summed E-state index contributed by atoms with van der Waals surface area (Å²) in [6.45, 7) is 6.75. The van der Waals surface area contributed by atoms with Crippen molar-refractivity contribution in [3.8, 4) is 0 Å². The Kier molecular flexibility index (Phi) is 1.39. The van der Waals surface area contributed by atoms with Crippen LogP contribution in [-0.4, -0.2) is 11.2 Å². The van der Waals surface area contributed by atoms with E-state index in [2.05, 4.69) is 27.2 Å². The molecule has 0 aromatic heterocycles. The number of hydrogen-bond acceptors (Lipinski definition) is 1. The molecule has 2 aliphatic heterocycles. The second-order valence-electron chi connectivity index (χ2n) is 4.54. The summed E-state index contributed by atoms with van der Waals surface area (Å²) in [5.74, 6) is 0.670. The van der Waals surface area contributed by atoms with Crippen LogP contribution in [0, 0.1) is 12.3 Å². The number of fused-ring (bicyclic) bond motifs is 2. The predicted octanol–water partition coefficient (Wildman–Crippen LogP) is 2.56. The molecule has 0 saturated carbocycles. The maximum Gasteiger partial charge on any atom is 0.0717 e. The summed E-state index contributed by atoms with van der Waals surface area (Å²) in [4.78, 5) is 0. The molecule has 1 radical (unpaired) electrons. The summed E-state index contributed by atoms with van der Waals surface area (Å²) in [6.07, 6.45) is 6.01. The van der Waals surface area contributed by atoms with Gasteiger partial charge in [-0.2, -0.15) is 0 Å². The molecule has 0 unspecified atom stereocenters. The van der Waals surface area contributed by atoms with Gasteiger partial charge in [0, 0.05) is 0 Å². The highest BCUT2D eigenvalue weighted by atomic mass is 16.5. The van der Waals surface area contributed by atoms with Gasteiger partial charge in [0.2, 0.25) is 0 Å². The molecule has 2 fully saturated rings. The first kappa shape index (κ1) is 7.60. The molecule has 63 valence electrons. The van der Waals surface area contributed by atoms with Crippen molar-refractivity contribution in [1.29, 1.82) is 0 Å². The molecule has 0 aromatic rings. The molecule has 11 heavy (non-hydrogen) atoms. The zero-order valence-electron chi connectivity index (χ0n) is 7.68.